The summed E-state index contributed by atoms with van der Waals surface area (Å²) in [6.45, 7) is 6.01. The molecule has 6 atom stereocenters. The number of β-lactam (4-membered cyclic amide) rings is 1. The number of thioether (sulfide) groups is 1. The van der Waals surface area contributed by atoms with E-state index in [4.69, 9.17) is 4.74 Å². The Hall–Kier alpha value is -2.51. The van der Waals surface area contributed by atoms with E-state index in [1.54, 1.807) is 18.7 Å². The third-order valence-corrected chi connectivity index (χ3v) is 9.56. The SMILES string of the molecule is CC(O)C1C(=O)N2C(C(=O)OCc3ccc([N+](=O)[O-])cc3)=C(SC3CC(C4CNC4)N(CO)C3)C(C)[C@@H]12. The van der Waals surface area contributed by atoms with Crippen LogP contribution in [0.15, 0.2) is 34.9 Å². The quantitative estimate of drug-likeness (QED) is 0.183. The van der Waals surface area contributed by atoms with E-state index in [1.165, 1.54) is 29.2 Å². The van der Waals surface area contributed by atoms with Crippen molar-refractivity contribution in [1.29, 1.82) is 0 Å². The van der Waals surface area contributed by atoms with Crippen molar-refractivity contribution in [3.63, 3.8) is 0 Å². The van der Waals surface area contributed by atoms with Gasteiger partial charge in [0.1, 0.15) is 12.3 Å². The Morgan fingerprint density at radius 2 is 2.03 bits per heavy atom. The molecule has 3 N–H and O–H groups in total. The van der Waals surface area contributed by atoms with Gasteiger partial charge < -0.3 is 25.2 Å². The highest BCUT2D eigenvalue weighted by atomic mass is 32.2. The molecular formula is C25H32N4O7S. The molecule has 4 heterocycles. The van der Waals surface area contributed by atoms with Crippen LogP contribution in [0.5, 0.6) is 0 Å². The zero-order valence-electron chi connectivity index (χ0n) is 20.8. The van der Waals surface area contributed by atoms with Crippen LogP contribution in [0.25, 0.3) is 0 Å². The van der Waals surface area contributed by atoms with Crippen LogP contribution in [0.2, 0.25) is 0 Å². The largest absolute Gasteiger partial charge is 0.456 e. The normalized spacial score (nSPS) is 30.6. The molecule has 0 bridgehead atoms. The number of hydrogen-bond donors (Lipinski definition) is 3. The van der Waals surface area contributed by atoms with Crippen LogP contribution in [0.1, 0.15) is 25.8 Å². The minimum absolute atomic E-state index is 0.0195. The predicted octanol–water partition coefficient (Wildman–Crippen LogP) is 1.05. The van der Waals surface area contributed by atoms with Gasteiger partial charge in [-0.3, -0.25) is 19.8 Å². The van der Waals surface area contributed by atoms with Gasteiger partial charge >= 0.3 is 5.97 Å². The molecule has 1 aromatic carbocycles. The molecule has 5 unspecified atom stereocenters. The van der Waals surface area contributed by atoms with Gasteiger partial charge in [0.05, 0.1) is 29.7 Å². The van der Waals surface area contributed by atoms with Crippen LogP contribution in [-0.4, -0.2) is 86.6 Å². The molecule has 4 aliphatic rings. The number of nitro groups is 1. The van der Waals surface area contributed by atoms with Crippen LogP contribution in [0.3, 0.4) is 0 Å². The second kappa shape index (κ2) is 10.3. The zero-order chi connectivity index (χ0) is 26.4. The molecule has 37 heavy (non-hydrogen) atoms. The number of nitrogens with one attached hydrogen (secondary N) is 1. The molecule has 0 saturated carbocycles. The van der Waals surface area contributed by atoms with Crippen molar-refractivity contribution < 1.29 is 29.5 Å². The van der Waals surface area contributed by atoms with Crippen LogP contribution in [0.4, 0.5) is 5.69 Å². The molecule has 11 nitrogen and oxygen atoms in total. The lowest BCUT2D eigenvalue weighted by Crippen LogP contribution is -2.63. The fourth-order valence-electron chi connectivity index (χ4n) is 5.99. The van der Waals surface area contributed by atoms with Gasteiger partial charge in [-0.05, 0) is 37.0 Å². The van der Waals surface area contributed by atoms with E-state index in [9.17, 15) is 29.9 Å². The summed E-state index contributed by atoms with van der Waals surface area (Å²) in [6.07, 6.45) is 0.0435. The van der Waals surface area contributed by atoms with Gasteiger partial charge in [0.2, 0.25) is 5.91 Å². The summed E-state index contributed by atoms with van der Waals surface area (Å²) in [5.41, 5.74) is 0.777. The number of aliphatic hydroxyl groups excluding tert-OH is 2. The van der Waals surface area contributed by atoms with Gasteiger partial charge in [0.25, 0.3) is 5.69 Å². The minimum Gasteiger partial charge on any atom is -0.456 e. The number of carbonyl (C=O) groups is 2. The highest BCUT2D eigenvalue weighted by Gasteiger charge is 2.60. The number of ether oxygens (including phenoxy) is 1. The number of aliphatic hydroxyl groups is 2. The Labute approximate surface area is 219 Å². The first-order valence-corrected chi connectivity index (χ1v) is 13.5. The minimum atomic E-state index is -0.829. The van der Waals surface area contributed by atoms with E-state index in [2.05, 4.69) is 10.2 Å². The molecule has 0 radical (unpaired) electrons. The van der Waals surface area contributed by atoms with Crippen molar-refractivity contribution in [2.75, 3.05) is 26.4 Å². The van der Waals surface area contributed by atoms with Gasteiger partial charge in [0.15, 0.2) is 0 Å². The molecule has 3 fully saturated rings. The lowest BCUT2D eigenvalue weighted by Gasteiger charge is -2.46. The summed E-state index contributed by atoms with van der Waals surface area (Å²) in [7, 11) is 0. The van der Waals surface area contributed by atoms with E-state index < -0.39 is 22.9 Å². The van der Waals surface area contributed by atoms with Crippen LogP contribution in [0, 0.1) is 27.9 Å². The number of rotatable bonds is 9. The maximum Gasteiger partial charge on any atom is 0.356 e. The molecule has 3 saturated heterocycles. The van der Waals surface area contributed by atoms with E-state index in [1.807, 2.05) is 6.92 Å². The average molecular weight is 533 g/mol. The summed E-state index contributed by atoms with van der Waals surface area (Å²) in [5, 5.41) is 34.5. The van der Waals surface area contributed by atoms with Crippen molar-refractivity contribution in [1.82, 2.24) is 15.1 Å². The first kappa shape index (κ1) is 26.1. The lowest BCUT2D eigenvalue weighted by molar-refractivity contribution is -0.384. The Morgan fingerprint density at radius 3 is 2.59 bits per heavy atom. The summed E-state index contributed by atoms with van der Waals surface area (Å²) in [6, 6.07) is 5.73. The molecule has 0 aliphatic carbocycles. The smallest absolute Gasteiger partial charge is 0.356 e. The monoisotopic (exact) mass is 532 g/mol. The molecule has 1 aromatic rings. The van der Waals surface area contributed by atoms with Crippen LogP contribution >= 0.6 is 11.8 Å². The Morgan fingerprint density at radius 1 is 1.32 bits per heavy atom. The van der Waals surface area contributed by atoms with Gasteiger partial charge in [-0.15, -0.1) is 11.8 Å². The molecule has 5 rings (SSSR count). The first-order chi connectivity index (χ1) is 17.7. The third kappa shape index (κ3) is 4.65. The molecule has 0 aromatic heterocycles. The molecule has 200 valence electrons. The topological polar surface area (TPSA) is 145 Å². The third-order valence-electron chi connectivity index (χ3n) is 8.06. The summed E-state index contributed by atoms with van der Waals surface area (Å²) >= 11 is 1.58. The molecular weight excluding hydrogens is 500 g/mol. The van der Waals surface area contributed by atoms with Crippen LogP contribution in [-0.2, 0) is 20.9 Å². The van der Waals surface area contributed by atoms with Gasteiger partial charge in [-0.2, -0.15) is 0 Å². The molecule has 4 aliphatic heterocycles. The standard InChI is InChI=1S/C25H32N4O7S/c1-13-21-20(14(2)31)24(32)28(21)22(25(33)36-11-15-3-5-17(6-4-15)29(34)35)23(13)37-18-7-19(16-8-26-9-16)27(10-18)12-30/h3-6,13-14,16,18-21,26,30-31H,7-12H2,1-2H3/t13?,14?,18?,19?,20?,21-/m0/s1. The number of hydrogen-bond acceptors (Lipinski definition) is 10. The van der Waals surface area contributed by atoms with Crippen molar-refractivity contribution in [3.8, 4) is 0 Å². The number of benzene rings is 1. The summed E-state index contributed by atoms with van der Waals surface area (Å²) in [4.78, 5) is 41.1. The van der Waals surface area contributed by atoms with Gasteiger partial charge in [0, 0.05) is 53.9 Å². The summed E-state index contributed by atoms with van der Waals surface area (Å²) in [5.74, 6) is -1.14. The highest BCUT2D eigenvalue weighted by molar-refractivity contribution is 8.03. The van der Waals surface area contributed by atoms with Crippen LogP contribution < -0.4 is 5.32 Å². The van der Waals surface area contributed by atoms with Crippen molar-refractivity contribution >= 4 is 29.3 Å². The molecule has 1 amide bonds. The first-order valence-electron chi connectivity index (χ1n) is 12.6. The average Bonchev–Trinajstić information content (AvgIpc) is 3.33. The number of likely N-dealkylation sites (tertiary alicyclic amines) is 1. The van der Waals surface area contributed by atoms with Crippen molar-refractivity contribution in [3.05, 3.63) is 50.5 Å². The molecule has 0 spiro atoms. The lowest BCUT2D eigenvalue weighted by atomic mass is 9.79. The number of carbonyl (C=O) groups excluding carboxylic acids is 2. The number of esters is 1. The summed E-state index contributed by atoms with van der Waals surface area (Å²) < 4.78 is 5.59. The van der Waals surface area contributed by atoms with Gasteiger partial charge in [-0.1, -0.05) is 6.92 Å². The number of fused-ring (bicyclic) bond motifs is 1. The van der Waals surface area contributed by atoms with Gasteiger partial charge in [-0.25, -0.2) is 4.79 Å². The number of nitro benzene ring substituents is 1. The molecule has 12 heteroatoms. The highest BCUT2D eigenvalue weighted by Crippen LogP contribution is 2.52. The fraction of sp³-hybridized carbons (Fsp3) is 0.600. The Kier molecular flexibility index (Phi) is 7.29. The van der Waals surface area contributed by atoms with Crippen molar-refractivity contribution in [2.45, 2.75) is 50.3 Å². The second-order valence-electron chi connectivity index (χ2n) is 10.3. The van der Waals surface area contributed by atoms with Crippen molar-refractivity contribution in [2.24, 2.45) is 17.8 Å². The number of nitrogens with zero attached hydrogens (tertiary/aromatic N) is 3. The zero-order valence-corrected chi connectivity index (χ0v) is 21.6. The Balaban J connectivity index is 1.35. The van der Waals surface area contributed by atoms with E-state index in [-0.39, 0.29) is 53.9 Å². The predicted molar refractivity (Wildman–Crippen MR) is 135 cm³/mol. The number of amides is 1. The number of non-ortho nitro benzene ring substituents is 1. The second-order valence-corrected chi connectivity index (χ2v) is 11.7. The maximum atomic E-state index is 13.4. The fourth-order valence-corrected chi connectivity index (χ4v) is 7.56. The van der Waals surface area contributed by atoms with E-state index >= 15 is 0 Å². The van der Waals surface area contributed by atoms with E-state index in [0.717, 1.165) is 24.4 Å². The Bertz CT molecular complexity index is 1110. The van der Waals surface area contributed by atoms with E-state index in [0.29, 0.717) is 18.0 Å². The maximum absolute atomic E-state index is 13.4.